The number of hydrogen-bond acceptors (Lipinski definition) is 6. The molecule has 0 saturated carbocycles. The first-order valence-electron chi connectivity index (χ1n) is 9.67. The zero-order valence-corrected chi connectivity index (χ0v) is 20.4. The molecule has 0 amide bonds. The smallest absolute Gasteiger partial charge is 0.191 e. The molecule has 10 heteroatoms. The fourth-order valence-corrected chi connectivity index (χ4v) is 3.53. The third-order valence-electron chi connectivity index (χ3n) is 4.61. The van der Waals surface area contributed by atoms with Gasteiger partial charge in [0.05, 0.1) is 11.4 Å². The number of nitrogens with one attached hydrogen (secondary N) is 2. The zero-order chi connectivity index (χ0) is 19.9. The number of piperidine rings is 1. The van der Waals surface area contributed by atoms with Crippen molar-refractivity contribution in [3.05, 3.63) is 17.5 Å². The lowest BCUT2D eigenvalue weighted by Crippen LogP contribution is -2.49. The van der Waals surface area contributed by atoms with Gasteiger partial charge in [0.15, 0.2) is 11.7 Å². The van der Waals surface area contributed by atoms with Gasteiger partial charge in [0.25, 0.3) is 0 Å². The van der Waals surface area contributed by atoms with E-state index in [-0.39, 0.29) is 29.7 Å². The van der Waals surface area contributed by atoms with Crippen molar-refractivity contribution < 1.29 is 12.9 Å². The number of likely N-dealkylation sites (tertiary alicyclic amines) is 1. The van der Waals surface area contributed by atoms with Crippen molar-refractivity contribution in [2.75, 3.05) is 38.2 Å². The number of hydrogen-bond donors (Lipinski definition) is 2. The number of nitrogens with zero attached hydrogens (tertiary/aromatic N) is 3. The van der Waals surface area contributed by atoms with Gasteiger partial charge in [0, 0.05) is 44.5 Å². The summed E-state index contributed by atoms with van der Waals surface area (Å²) in [6, 6.07) is 2.29. The van der Waals surface area contributed by atoms with E-state index in [1.54, 1.807) is 0 Å². The lowest BCUT2D eigenvalue weighted by atomic mass is 10.1. The van der Waals surface area contributed by atoms with Crippen LogP contribution in [0.1, 0.15) is 51.0 Å². The molecular weight excluding hydrogens is 493 g/mol. The Morgan fingerprint density at radius 3 is 2.61 bits per heavy atom. The molecule has 2 heterocycles. The van der Waals surface area contributed by atoms with E-state index in [1.807, 2.05) is 13.0 Å². The number of aliphatic imine (C=N–C) groups is 1. The molecular formula is C18H34IN5O3S. The van der Waals surface area contributed by atoms with Crippen molar-refractivity contribution in [1.29, 1.82) is 0 Å². The molecule has 0 aliphatic carbocycles. The fourth-order valence-electron chi connectivity index (χ4n) is 2.94. The van der Waals surface area contributed by atoms with Crippen LogP contribution >= 0.6 is 24.0 Å². The van der Waals surface area contributed by atoms with E-state index in [2.05, 4.69) is 39.5 Å². The minimum Gasteiger partial charge on any atom is -0.359 e. The van der Waals surface area contributed by atoms with E-state index in [1.165, 1.54) is 6.26 Å². The van der Waals surface area contributed by atoms with Gasteiger partial charge in [-0.2, -0.15) is 0 Å². The van der Waals surface area contributed by atoms with Gasteiger partial charge >= 0.3 is 0 Å². The topological polar surface area (TPSA) is 99.8 Å². The predicted octanol–water partition coefficient (Wildman–Crippen LogP) is 1.98. The van der Waals surface area contributed by atoms with Crippen LogP contribution in [-0.4, -0.2) is 68.7 Å². The monoisotopic (exact) mass is 527 g/mol. The SMILES string of the molecule is CCNC(=NCc1cc(C(C)C)no1)NC1CCN(CCS(C)(=O)=O)CC1.I. The molecule has 1 fully saturated rings. The van der Waals surface area contributed by atoms with E-state index >= 15 is 0 Å². The molecule has 162 valence electrons. The molecule has 0 bridgehead atoms. The van der Waals surface area contributed by atoms with Crippen LogP contribution in [-0.2, 0) is 16.4 Å². The van der Waals surface area contributed by atoms with Crippen LogP contribution in [0.4, 0.5) is 0 Å². The third kappa shape index (κ3) is 9.08. The molecule has 1 aromatic rings. The Hall–Kier alpha value is -0.880. The molecule has 1 aliphatic heterocycles. The molecule has 0 spiro atoms. The Balaban J connectivity index is 0.00000392. The summed E-state index contributed by atoms with van der Waals surface area (Å²) in [4.78, 5) is 6.82. The van der Waals surface area contributed by atoms with Crippen molar-refractivity contribution in [3.63, 3.8) is 0 Å². The van der Waals surface area contributed by atoms with Gasteiger partial charge < -0.3 is 20.1 Å². The molecule has 2 N–H and O–H groups in total. The summed E-state index contributed by atoms with van der Waals surface area (Å²) in [7, 11) is -2.90. The summed E-state index contributed by atoms with van der Waals surface area (Å²) in [5, 5.41) is 10.8. The van der Waals surface area contributed by atoms with Crippen molar-refractivity contribution in [1.82, 2.24) is 20.7 Å². The molecule has 1 aromatic heterocycles. The maximum absolute atomic E-state index is 11.3. The summed E-state index contributed by atoms with van der Waals surface area (Å²) in [6.07, 6.45) is 3.22. The Morgan fingerprint density at radius 2 is 2.07 bits per heavy atom. The number of sulfone groups is 1. The van der Waals surface area contributed by atoms with Gasteiger partial charge in [-0.25, -0.2) is 13.4 Å². The normalized spacial score (nSPS) is 16.8. The quantitative estimate of drug-likeness (QED) is 0.303. The van der Waals surface area contributed by atoms with E-state index in [9.17, 15) is 8.42 Å². The Kier molecular flexibility index (Phi) is 10.7. The molecule has 1 aliphatic rings. The number of halogens is 1. The minimum absolute atomic E-state index is 0. The van der Waals surface area contributed by atoms with Crippen LogP contribution in [0.2, 0.25) is 0 Å². The molecule has 0 atom stereocenters. The predicted molar refractivity (Wildman–Crippen MR) is 123 cm³/mol. The van der Waals surface area contributed by atoms with Gasteiger partial charge in [-0.1, -0.05) is 19.0 Å². The highest BCUT2D eigenvalue weighted by atomic mass is 127. The van der Waals surface area contributed by atoms with Crippen molar-refractivity contribution in [3.8, 4) is 0 Å². The number of guanidine groups is 1. The van der Waals surface area contributed by atoms with Crippen LogP contribution in [0.15, 0.2) is 15.6 Å². The second-order valence-corrected chi connectivity index (χ2v) is 9.72. The second kappa shape index (κ2) is 12.0. The summed E-state index contributed by atoms with van der Waals surface area (Å²) in [6.45, 7) is 9.84. The van der Waals surface area contributed by atoms with Gasteiger partial charge in [0.1, 0.15) is 16.4 Å². The van der Waals surface area contributed by atoms with Crippen LogP contribution < -0.4 is 10.6 Å². The summed E-state index contributed by atoms with van der Waals surface area (Å²) in [5.41, 5.74) is 0.944. The maximum atomic E-state index is 11.3. The number of rotatable bonds is 8. The van der Waals surface area contributed by atoms with Crippen LogP contribution in [0.25, 0.3) is 0 Å². The average molecular weight is 527 g/mol. The van der Waals surface area contributed by atoms with Gasteiger partial charge in [0.2, 0.25) is 0 Å². The van der Waals surface area contributed by atoms with E-state index < -0.39 is 9.84 Å². The Labute approximate surface area is 185 Å². The molecule has 2 rings (SSSR count). The molecule has 8 nitrogen and oxygen atoms in total. The van der Waals surface area contributed by atoms with Gasteiger partial charge in [-0.15, -0.1) is 24.0 Å². The average Bonchev–Trinajstić information content (AvgIpc) is 3.08. The van der Waals surface area contributed by atoms with Gasteiger partial charge in [-0.3, -0.25) is 0 Å². The first-order valence-corrected chi connectivity index (χ1v) is 11.7. The van der Waals surface area contributed by atoms with Crippen molar-refractivity contribution in [2.24, 2.45) is 4.99 Å². The molecule has 0 aromatic carbocycles. The highest BCUT2D eigenvalue weighted by Gasteiger charge is 2.20. The van der Waals surface area contributed by atoms with Crippen molar-refractivity contribution in [2.45, 2.75) is 52.1 Å². The second-order valence-electron chi connectivity index (χ2n) is 7.46. The lowest BCUT2D eigenvalue weighted by Gasteiger charge is -2.32. The highest BCUT2D eigenvalue weighted by Crippen LogP contribution is 2.15. The number of aromatic nitrogens is 1. The largest absolute Gasteiger partial charge is 0.359 e. The van der Waals surface area contributed by atoms with Crippen LogP contribution in [0, 0.1) is 0 Å². The van der Waals surface area contributed by atoms with Crippen LogP contribution in [0.3, 0.4) is 0 Å². The van der Waals surface area contributed by atoms with E-state index in [0.717, 1.165) is 49.9 Å². The van der Waals surface area contributed by atoms with E-state index in [4.69, 9.17) is 4.52 Å². The molecule has 1 saturated heterocycles. The molecule has 28 heavy (non-hydrogen) atoms. The molecule has 0 radical (unpaired) electrons. The van der Waals surface area contributed by atoms with E-state index in [0.29, 0.717) is 25.0 Å². The van der Waals surface area contributed by atoms with Crippen LogP contribution in [0.5, 0.6) is 0 Å². The third-order valence-corrected chi connectivity index (χ3v) is 5.54. The minimum atomic E-state index is -2.90. The standard InChI is InChI=1S/C18H33N5O3S.HI/c1-5-19-18(20-13-16-12-17(14(2)3)22-26-16)21-15-6-8-23(9-7-15)10-11-27(4,24)25;/h12,14-15H,5-11,13H2,1-4H3,(H2,19,20,21);1H. The summed E-state index contributed by atoms with van der Waals surface area (Å²) < 4.78 is 28.0. The maximum Gasteiger partial charge on any atom is 0.191 e. The summed E-state index contributed by atoms with van der Waals surface area (Å²) in [5.74, 6) is 2.09. The zero-order valence-electron chi connectivity index (χ0n) is 17.3. The van der Waals surface area contributed by atoms with Crippen molar-refractivity contribution >= 4 is 39.8 Å². The Bertz CT molecular complexity index is 713. The fraction of sp³-hybridized carbons (Fsp3) is 0.778. The first-order chi connectivity index (χ1) is 12.8. The summed E-state index contributed by atoms with van der Waals surface area (Å²) >= 11 is 0. The van der Waals surface area contributed by atoms with Gasteiger partial charge in [-0.05, 0) is 25.7 Å². The Morgan fingerprint density at radius 1 is 1.39 bits per heavy atom. The highest BCUT2D eigenvalue weighted by molar-refractivity contribution is 14.0. The molecule has 0 unspecified atom stereocenters. The first kappa shape index (κ1) is 25.2. The lowest BCUT2D eigenvalue weighted by molar-refractivity contribution is 0.216.